The van der Waals surface area contributed by atoms with Crippen LogP contribution in [0, 0.1) is 5.92 Å². The lowest BCUT2D eigenvalue weighted by molar-refractivity contribution is -0.169. The number of rotatable bonds is 6. The maximum atomic E-state index is 12.8. The quantitative estimate of drug-likeness (QED) is 0.664. The summed E-state index contributed by atoms with van der Waals surface area (Å²) in [5.74, 6) is -0.925. The van der Waals surface area contributed by atoms with Gasteiger partial charge in [-0.15, -0.1) is 0 Å². The van der Waals surface area contributed by atoms with E-state index in [-0.39, 0.29) is 6.42 Å². The highest BCUT2D eigenvalue weighted by molar-refractivity contribution is 6.33. The fraction of sp³-hybridized carbons (Fsp3) is 0.500. The molecule has 0 saturated heterocycles. The number of nitrogens with zero attached hydrogens (tertiary/aromatic N) is 2. The number of halogens is 4. The molecule has 1 heterocycles. The minimum absolute atomic E-state index is 0.0961. The highest BCUT2D eigenvalue weighted by atomic mass is 35.5. The van der Waals surface area contributed by atoms with E-state index in [9.17, 15) is 13.2 Å². The molecule has 0 aliphatic heterocycles. The average Bonchev–Trinajstić information content (AvgIpc) is 2.89. The molecule has 0 radical (unpaired) electrons. The fourth-order valence-corrected chi connectivity index (χ4v) is 3.10. The smallest absolute Gasteiger partial charge is 0.391 e. The molecule has 1 aromatic carbocycles. The average molecular weight is 375 g/mol. The van der Waals surface area contributed by atoms with Crippen LogP contribution in [0.4, 0.5) is 13.2 Å². The molecule has 0 saturated carbocycles. The summed E-state index contributed by atoms with van der Waals surface area (Å²) >= 11 is 6.47. The van der Waals surface area contributed by atoms with Gasteiger partial charge in [0.2, 0.25) is 0 Å². The highest BCUT2D eigenvalue weighted by Gasteiger charge is 2.35. The molecular weight excluding hydrogens is 353 g/mol. The Morgan fingerprint density at radius 2 is 1.96 bits per heavy atom. The molecule has 7 heteroatoms. The summed E-state index contributed by atoms with van der Waals surface area (Å²) in [4.78, 5) is 0. The van der Waals surface area contributed by atoms with Gasteiger partial charge in [0, 0.05) is 12.1 Å². The van der Waals surface area contributed by atoms with E-state index in [4.69, 9.17) is 16.3 Å². The van der Waals surface area contributed by atoms with Crippen molar-refractivity contribution in [3.05, 3.63) is 34.5 Å². The Kier molecular flexibility index (Phi) is 6.03. The lowest BCUT2D eigenvalue weighted by Gasteiger charge is -2.17. The third-order valence-electron chi connectivity index (χ3n) is 4.22. The van der Waals surface area contributed by atoms with E-state index in [1.165, 1.54) is 14.0 Å². The maximum Gasteiger partial charge on any atom is 0.391 e. The van der Waals surface area contributed by atoms with Crippen molar-refractivity contribution >= 4 is 11.6 Å². The number of aryl methyl sites for hydroxylation is 2. The van der Waals surface area contributed by atoms with Gasteiger partial charge in [0.25, 0.3) is 0 Å². The van der Waals surface area contributed by atoms with Crippen molar-refractivity contribution < 1.29 is 17.9 Å². The van der Waals surface area contributed by atoms with Crippen LogP contribution in [0.2, 0.25) is 5.02 Å². The van der Waals surface area contributed by atoms with Crippen molar-refractivity contribution in [3.63, 3.8) is 0 Å². The van der Waals surface area contributed by atoms with Crippen LogP contribution < -0.4 is 4.74 Å². The third kappa shape index (κ3) is 4.11. The van der Waals surface area contributed by atoms with E-state index in [1.54, 1.807) is 22.9 Å². The Labute approximate surface area is 150 Å². The molecule has 0 fully saturated rings. The molecule has 2 rings (SSSR count). The number of hydrogen-bond acceptors (Lipinski definition) is 2. The lowest BCUT2D eigenvalue weighted by atomic mass is 9.98. The number of aromatic nitrogens is 2. The van der Waals surface area contributed by atoms with E-state index < -0.39 is 12.1 Å². The number of benzene rings is 1. The largest absolute Gasteiger partial charge is 0.496 e. The topological polar surface area (TPSA) is 27.1 Å². The molecule has 0 aliphatic rings. The Morgan fingerprint density at radius 3 is 2.48 bits per heavy atom. The molecule has 0 aliphatic carbocycles. The SMILES string of the molecule is CCc1nn(CC)c(-c2ccc(C[C@@H](C)C(F)(F)F)cc2OC)c1Cl. The molecule has 1 aromatic heterocycles. The second-order valence-corrected chi connectivity index (χ2v) is 6.34. The van der Waals surface area contributed by atoms with Crippen molar-refractivity contribution in [1.82, 2.24) is 9.78 Å². The first-order valence-electron chi connectivity index (χ1n) is 8.22. The molecule has 138 valence electrons. The van der Waals surface area contributed by atoms with Crippen molar-refractivity contribution in [1.29, 1.82) is 0 Å². The Balaban J connectivity index is 2.46. The van der Waals surface area contributed by atoms with Crippen LogP contribution in [0.1, 0.15) is 32.0 Å². The zero-order chi connectivity index (χ0) is 18.8. The number of hydrogen-bond donors (Lipinski definition) is 0. The van der Waals surface area contributed by atoms with E-state index in [2.05, 4.69) is 5.10 Å². The van der Waals surface area contributed by atoms with E-state index in [0.29, 0.717) is 29.3 Å². The molecule has 2 aromatic rings. The van der Waals surface area contributed by atoms with Crippen molar-refractivity contribution in [3.8, 4) is 17.0 Å². The molecule has 0 N–H and O–H groups in total. The van der Waals surface area contributed by atoms with Crippen LogP contribution in [0.3, 0.4) is 0 Å². The van der Waals surface area contributed by atoms with Gasteiger partial charge in [0.05, 0.1) is 29.4 Å². The van der Waals surface area contributed by atoms with Crippen LogP contribution in [0.15, 0.2) is 18.2 Å². The number of ether oxygens (including phenoxy) is 1. The Morgan fingerprint density at radius 1 is 1.28 bits per heavy atom. The van der Waals surface area contributed by atoms with Crippen molar-refractivity contribution in [2.45, 2.75) is 46.3 Å². The van der Waals surface area contributed by atoms with Crippen LogP contribution in [-0.2, 0) is 19.4 Å². The van der Waals surface area contributed by atoms with Gasteiger partial charge in [-0.3, -0.25) is 4.68 Å². The van der Waals surface area contributed by atoms with Gasteiger partial charge >= 0.3 is 6.18 Å². The lowest BCUT2D eigenvalue weighted by Crippen LogP contribution is -2.21. The monoisotopic (exact) mass is 374 g/mol. The summed E-state index contributed by atoms with van der Waals surface area (Å²) < 4.78 is 45.6. The Bertz CT molecular complexity index is 741. The van der Waals surface area contributed by atoms with Gasteiger partial charge in [0.1, 0.15) is 5.75 Å². The Hall–Kier alpha value is -1.69. The summed E-state index contributed by atoms with van der Waals surface area (Å²) in [5, 5.41) is 5.04. The first-order chi connectivity index (χ1) is 11.7. The third-order valence-corrected chi connectivity index (χ3v) is 4.61. The second kappa shape index (κ2) is 7.68. The number of methoxy groups -OCH3 is 1. The predicted octanol–water partition coefficient (Wildman–Crippen LogP) is 5.54. The van der Waals surface area contributed by atoms with Crippen molar-refractivity contribution in [2.75, 3.05) is 7.11 Å². The van der Waals surface area contributed by atoms with Gasteiger partial charge in [-0.05, 0) is 37.5 Å². The van der Waals surface area contributed by atoms with Gasteiger partial charge in [-0.25, -0.2) is 0 Å². The molecule has 0 unspecified atom stereocenters. The predicted molar refractivity (Wildman–Crippen MR) is 93.2 cm³/mol. The van der Waals surface area contributed by atoms with Crippen LogP contribution in [-0.4, -0.2) is 23.1 Å². The molecule has 0 amide bonds. The van der Waals surface area contributed by atoms with E-state index >= 15 is 0 Å². The zero-order valence-corrected chi connectivity index (χ0v) is 15.5. The molecule has 0 bridgehead atoms. The molecule has 3 nitrogen and oxygen atoms in total. The zero-order valence-electron chi connectivity index (χ0n) is 14.7. The summed E-state index contributed by atoms with van der Waals surface area (Å²) in [6, 6.07) is 5.09. The van der Waals surface area contributed by atoms with Gasteiger partial charge in [0.15, 0.2) is 0 Å². The van der Waals surface area contributed by atoms with Gasteiger partial charge in [-0.1, -0.05) is 31.5 Å². The van der Waals surface area contributed by atoms with Crippen LogP contribution in [0.25, 0.3) is 11.3 Å². The standard InChI is InChI=1S/C18H22ClF3N2O/c1-5-14-16(19)17(24(6-2)23-14)13-8-7-12(10-15(13)25-4)9-11(3)18(20,21)22/h7-8,10-11H,5-6,9H2,1-4H3/t11-/m1/s1. The normalized spacial score (nSPS) is 13.1. The maximum absolute atomic E-state index is 12.8. The summed E-state index contributed by atoms with van der Waals surface area (Å²) in [5.41, 5.74) is 2.81. The van der Waals surface area contributed by atoms with E-state index in [0.717, 1.165) is 17.0 Å². The van der Waals surface area contributed by atoms with Crippen LogP contribution in [0.5, 0.6) is 5.75 Å². The van der Waals surface area contributed by atoms with Gasteiger partial charge in [-0.2, -0.15) is 18.3 Å². The first kappa shape index (κ1) is 19.6. The molecular formula is C18H22ClF3N2O. The molecule has 1 atom stereocenters. The number of alkyl halides is 3. The van der Waals surface area contributed by atoms with Gasteiger partial charge < -0.3 is 4.74 Å². The summed E-state index contributed by atoms with van der Waals surface area (Å²) in [6.45, 7) is 5.73. The minimum Gasteiger partial charge on any atom is -0.496 e. The summed E-state index contributed by atoms with van der Waals surface area (Å²) in [6.07, 6.45) is -3.62. The minimum atomic E-state index is -4.22. The molecule has 25 heavy (non-hydrogen) atoms. The first-order valence-corrected chi connectivity index (χ1v) is 8.59. The van der Waals surface area contributed by atoms with E-state index in [1.807, 2.05) is 13.8 Å². The fourth-order valence-electron chi connectivity index (χ4n) is 2.73. The van der Waals surface area contributed by atoms with Crippen LogP contribution >= 0.6 is 11.6 Å². The summed E-state index contributed by atoms with van der Waals surface area (Å²) in [7, 11) is 1.50. The highest BCUT2D eigenvalue weighted by Crippen LogP contribution is 2.38. The van der Waals surface area contributed by atoms with Crippen molar-refractivity contribution in [2.24, 2.45) is 5.92 Å². The second-order valence-electron chi connectivity index (χ2n) is 5.96. The molecule has 0 spiro atoms.